The van der Waals surface area contributed by atoms with E-state index in [9.17, 15) is 14.0 Å². The van der Waals surface area contributed by atoms with Gasteiger partial charge in [-0.25, -0.2) is 18.2 Å². The molecule has 1 saturated carbocycles. The molecule has 2 saturated heterocycles. The first-order valence-electron chi connectivity index (χ1n) is 16.4. The van der Waals surface area contributed by atoms with E-state index >= 15 is 17.6 Å². The van der Waals surface area contributed by atoms with Crippen LogP contribution in [0.1, 0.15) is 48.8 Å². The first-order chi connectivity index (χ1) is 24.4. The number of aromatic nitrogens is 3. The Balaban J connectivity index is 1.37. The Hall–Kier alpha value is -4.88. The number of ether oxygens (including phenoxy) is 1. The smallest absolute Gasteiger partial charge is 0.417 e. The Labute approximate surface area is 291 Å². The maximum atomic E-state index is 17.2. The molecule has 8 rings (SSSR count). The van der Waals surface area contributed by atoms with Crippen molar-refractivity contribution in [2.24, 2.45) is 0 Å². The van der Waals surface area contributed by atoms with Crippen molar-refractivity contribution in [1.29, 1.82) is 5.26 Å². The number of benzene rings is 2. The van der Waals surface area contributed by atoms with Crippen molar-refractivity contribution in [1.82, 2.24) is 19.9 Å². The molecule has 4 N–H and O–H groups in total. The highest BCUT2D eigenvalue weighted by atomic mass is 32.1. The third-order valence-corrected chi connectivity index (χ3v) is 11.2. The molecule has 16 heteroatoms. The fourth-order valence-electron chi connectivity index (χ4n) is 7.65. The van der Waals surface area contributed by atoms with E-state index in [4.69, 9.17) is 16.2 Å². The zero-order valence-electron chi connectivity index (χ0n) is 26.9. The van der Waals surface area contributed by atoms with Crippen molar-refractivity contribution in [3.63, 3.8) is 0 Å². The second-order valence-electron chi connectivity index (χ2n) is 13.4. The van der Waals surface area contributed by atoms with Crippen LogP contribution in [0.5, 0.6) is 6.01 Å². The summed E-state index contributed by atoms with van der Waals surface area (Å²) < 4.78 is 97.9. The fraction of sp³-hybridized carbons (Fsp3) is 0.371. The number of thiophene rings is 1. The first kappa shape index (κ1) is 33.3. The Morgan fingerprint density at radius 2 is 1.96 bits per heavy atom. The molecule has 5 heterocycles. The highest BCUT2D eigenvalue weighted by Crippen LogP contribution is 2.49. The van der Waals surface area contributed by atoms with Crippen molar-refractivity contribution in [3.8, 4) is 23.2 Å². The lowest BCUT2D eigenvalue weighted by molar-refractivity contribution is -0.137. The predicted octanol–water partition coefficient (Wildman–Crippen LogP) is 7.36. The molecule has 51 heavy (non-hydrogen) atoms. The standard InChI is InChI=1S/C35H30F6N8OS/c36-18-12-34(8-2-10-48(34)15-18)16-50-33-46-28-21(32(47-33)49(19-4-5-19)14-17-3-1-9-45-30(17)43)11-23(35(39,40)41)26(27(28)38)20-6-7-24(37)29-25(20)22(13-42)31(44)51-29/h1,3,6-7,9,11,18-19H,2,4-5,8,10,12,14-16,44H2,(H2,43,45). The van der Waals surface area contributed by atoms with E-state index in [1.165, 1.54) is 6.20 Å². The second kappa shape index (κ2) is 12.1. The molecule has 3 aliphatic rings. The van der Waals surface area contributed by atoms with Gasteiger partial charge in [0.05, 0.1) is 21.4 Å². The summed E-state index contributed by atoms with van der Waals surface area (Å²) in [4.78, 5) is 16.9. The quantitative estimate of drug-likeness (QED) is 0.158. The van der Waals surface area contributed by atoms with Crippen molar-refractivity contribution in [2.75, 3.05) is 36.1 Å². The SMILES string of the molecule is N#Cc1c(N)sc2c(F)ccc(-c3c(C(F)(F)F)cc4c(N(Cc5cccnc5N)C5CC5)nc(OCC56CCCN5CC(F)C6)nc4c3F)c12. The van der Waals surface area contributed by atoms with Crippen LogP contribution in [0.3, 0.4) is 0 Å². The maximum Gasteiger partial charge on any atom is 0.417 e. The molecule has 0 spiro atoms. The van der Waals surface area contributed by atoms with Gasteiger partial charge in [0, 0.05) is 53.6 Å². The van der Waals surface area contributed by atoms with Crippen LogP contribution in [0.15, 0.2) is 36.5 Å². The number of hydrogen-bond acceptors (Lipinski definition) is 10. The molecule has 9 nitrogen and oxygen atoms in total. The molecular formula is C35H30F6N8OS. The number of nitrogens with two attached hydrogens (primary N) is 2. The van der Waals surface area contributed by atoms with Gasteiger partial charge in [-0.3, -0.25) is 4.90 Å². The number of halogens is 6. The Kier molecular flexibility index (Phi) is 7.91. The van der Waals surface area contributed by atoms with Gasteiger partial charge in [-0.15, -0.1) is 11.3 Å². The average molecular weight is 725 g/mol. The Morgan fingerprint density at radius 3 is 2.69 bits per heavy atom. The van der Waals surface area contributed by atoms with Gasteiger partial charge >= 0.3 is 12.2 Å². The van der Waals surface area contributed by atoms with Crippen LogP contribution >= 0.6 is 11.3 Å². The summed E-state index contributed by atoms with van der Waals surface area (Å²) in [5, 5.41) is 9.27. The zero-order chi connectivity index (χ0) is 35.8. The minimum atomic E-state index is -5.11. The van der Waals surface area contributed by atoms with Gasteiger partial charge in [0.1, 0.15) is 46.8 Å². The third-order valence-electron chi connectivity index (χ3n) is 10.2. The summed E-state index contributed by atoms with van der Waals surface area (Å²) in [6, 6.07) is 7.49. The molecule has 5 aromatic rings. The van der Waals surface area contributed by atoms with E-state index in [0.29, 0.717) is 42.7 Å². The highest BCUT2D eigenvalue weighted by molar-refractivity contribution is 7.23. The lowest BCUT2D eigenvalue weighted by atomic mass is 9.92. The molecule has 0 amide bonds. The van der Waals surface area contributed by atoms with Gasteiger partial charge in [0.15, 0.2) is 5.82 Å². The number of nitrogen functional groups attached to an aromatic ring is 2. The van der Waals surface area contributed by atoms with Crippen molar-refractivity contribution < 1.29 is 31.1 Å². The summed E-state index contributed by atoms with van der Waals surface area (Å²) in [6.45, 7) is 1.04. The molecule has 1 aliphatic carbocycles. The minimum absolute atomic E-state index is 0.00554. The number of hydrogen-bond donors (Lipinski definition) is 2. The van der Waals surface area contributed by atoms with Crippen molar-refractivity contribution in [2.45, 2.75) is 62.6 Å². The van der Waals surface area contributed by atoms with Crippen LogP contribution in [-0.2, 0) is 12.7 Å². The Bertz CT molecular complexity index is 2250. The largest absolute Gasteiger partial charge is 0.461 e. The van der Waals surface area contributed by atoms with Crippen LogP contribution in [-0.4, -0.2) is 57.3 Å². The van der Waals surface area contributed by atoms with Crippen molar-refractivity contribution in [3.05, 3.63) is 64.9 Å². The zero-order valence-corrected chi connectivity index (χ0v) is 27.7. The Morgan fingerprint density at radius 1 is 1.16 bits per heavy atom. The number of pyridine rings is 1. The lowest BCUT2D eigenvalue weighted by Gasteiger charge is -2.31. The van der Waals surface area contributed by atoms with E-state index in [0.717, 1.165) is 24.6 Å². The molecule has 0 bridgehead atoms. The monoisotopic (exact) mass is 724 g/mol. The number of nitriles is 1. The second-order valence-corrected chi connectivity index (χ2v) is 14.4. The molecule has 0 radical (unpaired) electrons. The summed E-state index contributed by atoms with van der Waals surface area (Å²) in [5.74, 6) is -1.97. The molecule has 3 fully saturated rings. The van der Waals surface area contributed by atoms with Gasteiger partial charge in [-0.2, -0.15) is 28.4 Å². The van der Waals surface area contributed by atoms with Gasteiger partial charge in [-0.05, 0) is 56.0 Å². The number of nitrogens with zero attached hydrogens (tertiary/aromatic N) is 6. The van der Waals surface area contributed by atoms with Crippen LogP contribution in [0, 0.1) is 23.0 Å². The van der Waals surface area contributed by atoms with E-state index < -0.39 is 46.2 Å². The third kappa shape index (κ3) is 5.63. The number of rotatable bonds is 8. The van der Waals surface area contributed by atoms with Gasteiger partial charge < -0.3 is 21.1 Å². The molecule has 2 atom stereocenters. The predicted molar refractivity (Wildman–Crippen MR) is 181 cm³/mol. The normalized spacial score (nSPS) is 20.6. The lowest BCUT2D eigenvalue weighted by Crippen LogP contribution is -2.43. The maximum absolute atomic E-state index is 17.2. The number of fused-ring (bicyclic) bond motifs is 3. The van der Waals surface area contributed by atoms with E-state index in [-0.39, 0.29) is 81.4 Å². The molecule has 2 aromatic carbocycles. The van der Waals surface area contributed by atoms with Crippen LogP contribution in [0.2, 0.25) is 0 Å². The average Bonchev–Trinajstić information content (AvgIpc) is 3.66. The van der Waals surface area contributed by atoms with E-state index in [1.54, 1.807) is 17.0 Å². The van der Waals surface area contributed by atoms with Gasteiger partial charge in [0.25, 0.3) is 0 Å². The highest BCUT2D eigenvalue weighted by Gasteiger charge is 2.49. The van der Waals surface area contributed by atoms with Crippen molar-refractivity contribution >= 4 is 49.0 Å². The first-order valence-corrected chi connectivity index (χ1v) is 17.2. The van der Waals surface area contributed by atoms with Gasteiger partial charge in [0.2, 0.25) is 0 Å². The van der Waals surface area contributed by atoms with Crippen LogP contribution in [0.4, 0.5) is 43.0 Å². The molecule has 2 unspecified atom stereocenters. The minimum Gasteiger partial charge on any atom is -0.461 e. The molecule has 264 valence electrons. The van der Waals surface area contributed by atoms with E-state index in [2.05, 4.69) is 15.0 Å². The van der Waals surface area contributed by atoms with Crippen LogP contribution in [0.25, 0.3) is 32.1 Å². The molecule has 2 aliphatic heterocycles. The van der Waals surface area contributed by atoms with Gasteiger partial charge in [-0.1, -0.05) is 12.1 Å². The summed E-state index contributed by atoms with van der Waals surface area (Å²) >= 11 is 0.687. The summed E-state index contributed by atoms with van der Waals surface area (Å²) in [6.07, 6.45) is -1.52. The summed E-state index contributed by atoms with van der Waals surface area (Å²) in [5.41, 5.74) is 8.71. The fourth-order valence-corrected chi connectivity index (χ4v) is 8.60. The van der Waals surface area contributed by atoms with E-state index in [1.807, 2.05) is 11.0 Å². The molecule has 3 aromatic heterocycles. The number of anilines is 3. The number of alkyl halides is 4. The van der Waals surface area contributed by atoms with Crippen LogP contribution < -0.4 is 21.1 Å². The molecular weight excluding hydrogens is 694 g/mol. The topological polar surface area (TPSA) is 130 Å². The summed E-state index contributed by atoms with van der Waals surface area (Å²) in [7, 11) is 0.